The fourth-order valence-electron chi connectivity index (χ4n) is 1.96. The molecule has 1 heterocycles. The van der Waals surface area contributed by atoms with E-state index in [-0.39, 0.29) is 11.3 Å². The van der Waals surface area contributed by atoms with Crippen molar-refractivity contribution in [2.75, 3.05) is 0 Å². The van der Waals surface area contributed by atoms with Crippen LogP contribution in [0.2, 0.25) is 0 Å². The fourth-order valence-corrected chi connectivity index (χ4v) is 3.55. The predicted octanol–water partition coefficient (Wildman–Crippen LogP) is 1.42. The summed E-state index contributed by atoms with van der Waals surface area (Å²) in [5, 5.41) is -0.296. The number of hydrogen-bond acceptors (Lipinski definition) is 3. The summed E-state index contributed by atoms with van der Waals surface area (Å²) in [4.78, 5) is 0.486. The van der Waals surface area contributed by atoms with Crippen molar-refractivity contribution in [2.45, 2.75) is 36.5 Å². The van der Waals surface area contributed by atoms with Crippen molar-refractivity contribution < 1.29 is 8.42 Å². The van der Waals surface area contributed by atoms with Gasteiger partial charge in [-0.15, -0.1) is 0 Å². The van der Waals surface area contributed by atoms with Crippen LogP contribution in [-0.2, 0) is 16.3 Å². The summed E-state index contributed by atoms with van der Waals surface area (Å²) in [6.45, 7) is 3.65. The van der Waals surface area contributed by atoms with Crippen molar-refractivity contribution in [1.82, 2.24) is 0 Å². The second kappa shape index (κ2) is 3.32. The third-order valence-electron chi connectivity index (χ3n) is 2.95. The lowest BCUT2D eigenvalue weighted by molar-refractivity contribution is 0.590. The van der Waals surface area contributed by atoms with Gasteiger partial charge in [-0.3, -0.25) is 0 Å². The SMILES string of the molecule is CC(N)c1ccc2c(c1)CC(C)S2(=O)=O. The zero-order chi connectivity index (χ0) is 11.2. The fraction of sp³-hybridized carbons (Fsp3) is 0.455. The second-order valence-corrected chi connectivity index (χ2v) is 6.55. The van der Waals surface area contributed by atoms with Crippen LogP contribution in [0.3, 0.4) is 0 Å². The zero-order valence-corrected chi connectivity index (χ0v) is 9.71. The van der Waals surface area contributed by atoms with Crippen LogP contribution in [-0.4, -0.2) is 13.7 Å². The predicted molar refractivity (Wildman–Crippen MR) is 59.4 cm³/mol. The minimum atomic E-state index is -3.07. The van der Waals surface area contributed by atoms with E-state index in [9.17, 15) is 8.42 Å². The topological polar surface area (TPSA) is 60.2 Å². The summed E-state index contributed by atoms with van der Waals surface area (Å²) in [6, 6.07) is 5.36. The van der Waals surface area contributed by atoms with Crippen LogP contribution in [0, 0.1) is 0 Å². The smallest absolute Gasteiger partial charge is 0.181 e. The van der Waals surface area contributed by atoms with Crippen LogP contribution in [0.15, 0.2) is 23.1 Å². The van der Waals surface area contributed by atoms with Crippen molar-refractivity contribution in [3.05, 3.63) is 29.3 Å². The van der Waals surface area contributed by atoms with Gasteiger partial charge in [0, 0.05) is 6.04 Å². The zero-order valence-electron chi connectivity index (χ0n) is 8.90. The highest BCUT2D eigenvalue weighted by molar-refractivity contribution is 7.92. The van der Waals surface area contributed by atoms with Gasteiger partial charge in [-0.05, 0) is 37.5 Å². The highest BCUT2D eigenvalue weighted by Crippen LogP contribution is 2.32. The molecule has 0 fully saturated rings. The molecule has 82 valence electrons. The summed E-state index contributed by atoms with van der Waals surface area (Å²) in [6.07, 6.45) is 0.609. The van der Waals surface area contributed by atoms with Gasteiger partial charge in [-0.25, -0.2) is 8.42 Å². The average Bonchev–Trinajstić information content (AvgIpc) is 2.38. The van der Waals surface area contributed by atoms with Crippen molar-refractivity contribution >= 4 is 9.84 Å². The highest BCUT2D eigenvalue weighted by Gasteiger charge is 2.33. The second-order valence-electron chi connectivity index (χ2n) is 4.22. The summed E-state index contributed by atoms with van der Waals surface area (Å²) < 4.78 is 23.7. The van der Waals surface area contributed by atoms with Crippen LogP contribution >= 0.6 is 0 Å². The van der Waals surface area contributed by atoms with E-state index < -0.39 is 9.84 Å². The number of sulfone groups is 1. The maximum absolute atomic E-state index is 11.8. The van der Waals surface area contributed by atoms with Gasteiger partial charge in [-0.1, -0.05) is 12.1 Å². The van der Waals surface area contributed by atoms with Crippen LogP contribution in [0.5, 0.6) is 0 Å². The molecule has 1 aromatic carbocycles. The molecule has 0 aromatic heterocycles. The highest BCUT2D eigenvalue weighted by atomic mass is 32.2. The lowest BCUT2D eigenvalue weighted by atomic mass is 10.0. The Labute approximate surface area is 90.2 Å². The van der Waals surface area contributed by atoms with Gasteiger partial charge in [0.25, 0.3) is 0 Å². The molecule has 0 radical (unpaired) electrons. The molecule has 15 heavy (non-hydrogen) atoms. The molecule has 2 rings (SSSR count). The third kappa shape index (κ3) is 1.58. The lowest BCUT2D eigenvalue weighted by Crippen LogP contribution is -2.11. The first-order chi connectivity index (χ1) is 6.93. The van der Waals surface area contributed by atoms with E-state index >= 15 is 0 Å². The molecule has 4 heteroatoms. The Morgan fingerprint density at radius 2 is 2.13 bits per heavy atom. The normalized spacial score (nSPS) is 24.9. The first kappa shape index (κ1) is 10.6. The molecule has 1 aliphatic rings. The molecular weight excluding hydrogens is 210 g/mol. The van der Waals surface area contributed by atoms with Gasteiger partial charge >= 0.3 is 0 Å². The van der Waals surface area contributed by atoms with Gasteiger partial charge in [0.1, 0.15) is 0 Å². The lowest BCUT2D eigenvalue weighted by Gasteiger charge is -2.07. The Balaban J connectivity index is 2.57. The maximum atomic E-state index is 11.8. The van der Waals surface area contributed by atoms with E-state index in [2.05, 4.69) is 0 Å². The van der Waals surface area contributed by atoms with Gasteiger partial charge < -0.3 is 5.73 Å². The van der Waals surface area contributed by atoms with E-state index in [1.54, 1.807) is 19.1 Å². The maximum Gasteiger partial charge on any atom is 0.181 e. The first-order valence-electron chi connectivity index (χ1n) is 5.05. The quantitative estimate of drug-likeness (QED) is 0.786. The third-order valence-corrected chi connectivity index (χ3v) is 5.19. The molecule has 0 amide bonds. The molecule has 1 aliphatic heterocycles. The van der Waals surface area contributed by atoms with Gasteiger partial charge in [0.2, 0.25) is 0 Å². The Bertz CT molecular complexity index is 491. The summed E-state index contributed by atoms with van der Waals surface area (Å²) in [7, 11) is -3.07. The summed E-state index contributed by atoms with van der Waals surface area (Å²) in [5.74, 6) is 0. The average molecular weight is 225 g/mol. The molecule has 2 atom stereocenters. The van der Waals surface area contributed by atoms with Gasteiger partial charge in [0.15, 0.2) is 9.84 Å². The van der Waals surface area contributed by atoms with Gasteiger partial charge in [0.05, 0.1) is 10.1 Å². The number of fused-ring (bicyclic) bond motifs is 1. The molecule has 1 aromatic rings. The minimum Gasteiger partial charge on any atom is -0.324 e. The number of benzene rings is 1. The molecule has 0 aliphatic carbocycles. The Morgan fingerprint density at radius 3 is 2.73 bits per heavy atom. The Kier molecular flexibility index (Phi) is 2.35. The van der Waals surface area contributed by atoms with Crippen LogP contribution in [0.25, 0.3) is 0 Å². The largest absolute Gasteiger partial charge is 0.324 e. The van der Waals surface area contributed by atoms with Crippen LogP contribution in [0.1, 0.15) is 31.0 Å². The molecule has 0 spiro atoms. The van der Waals surface area contributed by atoms with Crippen LogP contribution in [0.4, 0.5) is 0 Å². The molecule has 0 saturated carbocycles. The molecule has 3 nitrogen and oxygen atoms in total. The van der Waals surface area contributed by atoms with E-state index in [0.29, 0.717) is 11.3 Å². The Hall–Kier alpha value is -0.870. The summed E-state index contributed by atoms with van der Waals surface area (Å²) in [5.41, 5.74) is 7.67. The van der Waals surface area contributed by atoms with E-state index in [4.69, 9.17) is 5.73 Å². The molecule has 2 unspecified atom stereocenters. The molecule has 0 bridgehead atoms. The minimum absolute atomic E-state index is 0.0473. The monoisotopic (exact) mass is 225 g/mol. The van der Waals surface area contributed by atoms with Crippen LogP contribution < -0.4 is 5.73 Å². The molecular formula is C11H15NO2S. The molecule has 0 saturated heterocycles. The summed E-state index contributed by atoms with van der Waals surface area (Å²) >= 11 is 0. The first-order valence-corrected chi connectivity index (χ1v) is 6.60. The Morgan fingerprint density at radius 1 is 1.47 bits per heavy atom. The van der Waals surface area contributed by atoms with E-state index in [1.807, 2.05) is 13.0 Å². The van der Waals surface area contributed by atoms with E-state index in [0.717, 1.165) is 11.1 Å². The van der Waals surface area contributed by atoms with Crippen molar-refractivity contribution in [1.29, 1.82) is 0 Å². The molecule has 2 N–H and O–H groups in total. The number of hydrogen-bond donors (Lipinski definition) is 1. The standard InChI is InChI=1S/C11H15NO2S/c1-7-5-10-6-9(8(2)12)3-4-11(10)15(7,13)14/h3-4,6-8H,5,12H2,1-2H3. The number of nitrogens with two attached hydrogens (primary N) is 1. The van der Waals surface area contributed by atoms with Gasteiger partial charge in [-0.2, -0.15) is 0 Å². The van der Waals surface area contributed by atoms with E-state index in [1.165, 1.54) is 0 Å². The van der Waals surface area contributed by atoms with Crippen molar-refractivity contribution in [3.63, 3.8) is 0 Å². The van der Waals surface area contributed by atoms with Crippen molar-refractivity contribution in [3.8, 4) is 0 Å². The number of rotatable bonds is 1. The van der Waals surface area contributed by atoms with Crippen molar-refractivity contribution in [2.24, 2.45) is 5.73 Å².